The molecule has 0 N–H and O–H groups in total. The number of halogens is 4. The van der Waals surface area contributed by atoms with Crippen molar-refractivity contribution in [3.05, 3.63) is 16.1 Å². The molecule has 1 rings (SSSR count). The largest absolute Gasteiger partial charge is 0.436 e. The zero-order valence-electron chi connectivity index (χ0n) is 9.61. The number of aromatic nitrogens is 2. The van der Waals surface area contributed by atoms with Gasteiger partial charge in [0, 0.05) is 12.0 Å². The van der Waals surface area contributed by atoms with Crippen LogP contribution in [0.15, 0.2) is 4.60 Å². The molecule has 0 saturated carbocycles. The highest BCUT2D eigenvalue weighted by atomic mass is 79.9. The Hall–Kier alpha value is -0.520. The molecule has 2 nitrogen and oxygen atoms in total. The van der Waals surface area contributed by atoms with Crippen molar-refractivity contribution in [3.63, 3.8) is 0 Å². The Bertz CT molecular complexity index is 388. The molecule has 1 aromatic rings. The lowest BCUT2D eigenvalue weighted by atomic mass is 9.96. The van der Waals surface area contributed by atoms with Crippen molar-refractivity contribution in [2.75, 3.05) is 0 Å². The third-order valence-electron chi connectivity index (χ3n) is 2.16. The van der Waals surface area contributed by atoms with E-state index in [1.54, 1.807) is 11.5 Å². The predicted molar refractivity (Wildman–Crippen MR) is 59.3 cm³/mol. The first kappa shape index (κ1) is 13.5. The number of rotatable bonds is 1. The van der Waals surface area contributed by atoms with Crippen LogP contribution in [0.3, 0.4) is 0 Å². The Labute approximate surface area is 101 Å². The van der Waals surface area contributed by atoms with Gasteiger partial charge in [-0.1, -0.05) is 20.8 Å². The van der Waals surface area contributed by atoms with E-state index in [1.165, 1.54) is 0 Å². The third kappa shape index (κ3) is 2.42. The van der Waals surface area contributed by atoms with E-state index in [0.717, 1.165) is 0 Å². The second-order valence-electron chi connectivity index (χ2n) is 4.57. The predicted octanol–water partition coefficient (Wildman–Crippen LogP) is 3.98. The van der Waals surface area contributed by atoms with Crippen LogP contribution in [0.25, 0.3) is 0 Å². The van der Waals surface area contributed by atoms with Crippen LogP contribution in [0.4, 0.5) is 13.2 Å². The summed E-state index contributed by atoms with van der Waals surface area (Å²) in [6.45, 7) is 7.77. The van der Waals surface area contributed by atoms with Crippen molar-refractivity contribution < 1.29 is 13.2 Å². The molecule has 16 heavy (non-hydrogen) atoms. The second kappa shape index (κ2) is 4.05. The minimum Gasteiger partial charge on any atom is -0.322 e. The van der Waals surface area contributed by atoms with Gasteiger partial charge in [0.2, 0.25) is 0 Å². The van der Waals surface area contributed by atoms with E-state index in [-0.39, 0.29) is 4.60 Å². The molecular formula is C10H14BrF3N2. The van der Waals surface area contributed by atoms with Crippen LogP contribution in [-0.2, 0) is 18.1 Å². The van der Waals surface area contributed by atoms with E-state index < -0.39 is 17.3 Å². The van der Waals surface area contributed by atoms with Gasteiger partial charge >= 0.3 is 6.18 Å². The lowest BCUT2D eigenvalue weighted by Crippen LogP contribution is -2.18. The molecule has 0 fully saturated rings. The molecule has 0 amide bonds. The van der Waals surface area contributed by atoms with Gasteiger partial charge in [0.15, 0.2) is 5.69 Å². The van der Waals surface area contributed by atoms with Crippen LogP contribution in [-0.4, -0.2) is 9.55 Å². The molecule has 1 aromatic heterocycles. The molecule has 0 aliphatic rings. The highest BCUT2D eigenvalue weighted by molar-refractivity contribution is 9.10. The maximum atomic E-state index is 12.7. The summed E-state index contributed by atoms with van der Waals surface area (Å²) in [7, 11) is 0. The highest BCUT2D eigenvalue weighted by Gasteiger charge is 2.39. The average molecular weight is 299 g/mol. The van der Waals surface area contributed by atoms with Crippen molar-refractivity contribution in [2.45, 2.75) is 45.8 Å². The van der Waals surface area contributed by atoms with Gasteiger partial charge in [-0.15, -0.1) is 0 Å². The van der Waals surface area contributed by atoms with Crippen LogP contribution in [0, 0.1) is 0 Å². The summed E-state index contributed by atoms with van der Waals surface area (Å²) in [5.74, 6) is 0.439. The van der Waals surface area contributed by atoms with Gasteiger partial charge in [-0.3, -0.25) is 0 Å². The van der Waals surface area contributed by atoms with Gasteiger partial charge in [-0.25, -0.2) is 4.98 Å². The summed E-state index contributed by atoms with van der Waals surface area (Å²) in [6.07, 6.45) is -4.42. The second-order valence-corrected chi connectivity index (χ2v) is 5.32. The first-order chi connectivity index (χ1) is 7.09. The van der Waals surface area contributed by atoms with E-state index in [9.17, 15) is 13.2 Å². The van der Waals surface area contributed by atoms with Gasteiger partial charge in [0.1, 0.15) is 10.4 Å². The molecule has 0 bridgehead atoms. The van der Waals surface area contributed by atoms with Crippen LogP contribution in [0.2, 0.25) is 0 Å². The van der Waals surface area contributed by atoms with Crippen LogP contribution >= 0.6 is 15.9 Å². The zero-order chi connectivity index (χ0) is 12.7. The first-order valence-electron chi connectivity index (χ1n) is 4.92. The van der Waals surface area contributed by atoms with Crippen LogP contribution in [0.1, 0.15) is 39.2 Å². The fourth-order valence-electron chi connectivity index (χ4n) is 1.47. The summed E-state index contributed by atoms with van der Waals surface area (Å²) >= 11 is 2.97. The summed E-state index contributed by atoms with van der Waals surface area (Å²) < 4.78 is 39.5. The summed E-state index contributed by atoms with van der Waals surface area (Å²) in [5.41, 5.74) is -1.26. The highest BCUT2D eigenvalue weighted by Crippen LogP contribution is 2.37. The normalized spacial score (nSPS) is 13.2. The molecule has 0 radical (unpaired) electrons. The molecule has 0 aliphatic heterocycles. The Morgan fingerprint density at radius 1 is 1.25 bits per heavy atom. The number of nitrogens with zero attached hydrogens (tertiary/aromatic N) is 2. The van der Waals surface area contributed by atoms with E-state index in [0.29, 0.717) is 12.4 Å². The molecule has 92 valence electrons. The van der Waals surface area contributed by atoms with Crippen LogP contribution < -0.4 is 0 Å². The van der Waals surface area contributed by atoms with Crippen molar-refractivity contribution in [3.8, 4) is 0 Å². The lowest BCUT2D eigenvalue weighted by molar-refractivity contribution is -0.141. The number of hydrogen-bond donors (Lipinski definition) is 0. The molecule has 0 saturated heterocycles. The molecule has 1 heterocycles. The van der Waals surface area contributed by atoms with Crippen molar-refractivity contribution >= 4 is 15.9 Å². The van der Waals surface area contributed by atoms with E-state index in [1.807, 2.05) is 20.8 Å². The molecule has 0 aromatic carbocycles. The fourth-order valence-corrected chi connectivity index (χ4v) is 2.21. The third-order valence-corrected chi connectivity index (χ3v) is 2.96. The average Bonchev–Trinajstić information content (AvgIpc) is 2.40. The van der Waals surface area contributed by atoms with Gasteiger partial charge < -0.3 is 4.57 Å². The quantitative estimate of drug-likeness (QED) is 0.767. The molecule has 0 unspecified atom stereocenters. The zero-order valence-corrected chi connectivity index (χ0v) is 11.2. The van der Waals surface area contributed by atoms with Gasteiger partial charge in [0.25, 0.3) is 0 Å². The van der Waals surface area contributed by atoms with Crippen molar-refractivity contribution in [1.82, 2.24) is 9.55 Å². The molecule has 0 atom stereocenters. The molecule has 0 spiro atoms. The van der Waals surface area contributed by atoms with E-state index >= 15 is 0 Å². The molecule has 0 aliphatic carbocycles. The Balaban J connectivity index is 3.44. The van der Waals surface area contributed by atoms with Crippen LogP contribution in [0.5, 0.6) is 0 Å². The standard InChI is InChI=1S/C10H14BrF3N2/c1-5-16-7(11)6(10(12,13)14)15-8(16)9(2,3)4/h5H2,1-4H3. The van der Waals surface area contributed by atoms with Gasteiger partial charge in [0.05, 0.1) is 0 Å². The minimum absolute atomic E-state index is 0.00688. The minimum atomic E-state index is -4.42. The molecular weight excluding hydrogens is 285 g/mol. The molecule has 6 heteroatoms. The Morgan fingerprint density at radius 2 is 1.75 bits per heavy atom. The monoisotopic (exact) mass is 298 g/mol. The fraction of sp³-hybridized carbons (Fsp3) is 0.700. The lowest BCUT2D eigenvalue weighted by Gasteiger charge is -2.19. The van der Waals surface area contributed by atoms with E-state index in [2.05, 4.69) is 20.9 Å². The van der Waals surface area contributed by atoms with Gasteiger partial charge in [-0.05, 0) is 22.9 Å². The topological polar surface area (TPSA) is 17.8 Å². The Kier molecular flexibility index (Phi) is 3.43. The smallest absolute Gasteiger partial charge is 0.322 e. The number of imidazole rings is 1. The van der Waals surface area contributed by atoms with Gasteiger partial charge in [-0.2, -0.15) is 13.2 Å². The Morgan fingerprint density at radius 3 is 2.00 bits per heavy atom. The van der Waals surface area contributed by atoms with E-state index in [4.69, 9.17) is 0 Å². The van der Waals surface area contributed by atoms with Crippen molar-refractivity contribution in [2.24, 2.45) is 0 Å². The maximum Gasteiger partial charge on any atom is 0.436 e. The maximum absolute atomic E-state index is 12.7. The SMILES string of the molecule is CCn1c(C(C)(C)C)nc(C(F)(F)F)c1Br. The number of hydrogen-bond acceptors (Lipinski definition) is 1. The summed E-state index contributed by atoms with van der Waals surface area (Å²) in [6, 6.07) is 0. The first-order valence-corrected chi connectivity index (χ1v) is 5.72. The summed E-state index contributed by atoms with van der Waals surface area (Å²) in [5, 5.41) is 0. The van der Waals surface area contributed by atoms with Crippen molar-refractivity contribution in [1.29, 1.82) is 0 Å². The number of alkyl halides is 3. The summed E-state index contributed by atoms with van der Waals surface area (Å²) in [4.78, 5) is 3.71.